The van der Waals surface area contributed by atoms with Gasteiger partial charge in [-0.25, -0.2) is 8.78 Å². The summed E-state index contributed by atoms with van der Waals surface area (Å²) in [5.41, 5.74) is 8.44. The van der Waals surface area contributed by atoms with Crippen LogP contribution in [0.2, 0.25) is 5.02 Å². The van der Waals surface area contributed by atoms with Gasteiger partial charge in [0.05, 0.1) is 11.5 Å². The number of benzene rings is 2. The maximum atomic E-state index is 13.9. The zero-order valence-corrected chi connectivity index (χ0v) is 23.9. The van der Waals surface area contributed by atoms with Gasteiger partial charge >= 0.3 is 0 Å². The number of hydrogen-bond donors (Lipinski definition) is 2. The van der Waals surface area contributed by atoms with Crippen molar-refractivity contribution < 1.29 is 18.4 Å². The number of carbonyl (C=O) groups excluding carboxylic acids is 2. The van der Waals surface area contributed by atoms with Gasteiger partial charge in [0.2, 0.25) is 11.8 Å². The summed E-state index contributed by atoms with van der Waals surface area (Å²) in [6.07, 6.45) is 9.81. The van der Waals surface area contributed by atoms with Crippen molar-refractivity contribution in [1.82, 2.24) is 10.2 Å². The van der Waals surface area contributed by atoms with Gasteiger partial charge < -0.3 is 16.0 Å². The largest absolute Gasteiger partial charge is 0.385 e. The number of rotatable bonds is 7. The molecular weight excluding hydrogens is 532 g/mol. The van der Waals surface area contributed by atoms with Crippen molar-refractivity contribution >= 4 is 29.5 Å². The molecule has 0 saturated carbocycles. The number of fused-ring (bicyclic) bond motifs is 1. The first-order valence-electron chi connectivity index (χ1n) is 13.1. The molecule has 2 atom stereocenters. The fourth-order valence-electron chi connectivity index (χ4n) is 5.44. The SMILES string of the molecule is C=C/C=C\C1=C(N)NC(=O)[C@@]12Cc1cc(Cl)c(/C=C/CN(C(=O)C(C)(C)C)[C@H](C)c3cc(F)cc(F)c3)cc1C2. The van der Waals surface area contributed by atoms with Crippen molar-refractivity contribution in [3.05, 3.63) is 112 Å². The van der Waals surface area contributed by atoms with E-state index in [2.05, 4.69) is 11.9 Å². The first kappa shape index (κ1) is 29.3. The Kier molecular flexibility index (Phi) is 8.08. The molecule has 2 aromatic rings. The van der Waals surface area contributed by atoms with E-state index in [1.165, 1.54) is 12.1 Å². The summed E-state index contributed by atoms with van der Waals surface area (Å²) in [5, 5.41) is 3.29. The van der Waals surface area contributed by atoms with Crippen LogP contribution < -0.4 is 11.1 Å². The van der Waals surface area contributed by atoms with E-state index in [9.17, 15) is 18.4 Å². The van der Waals surface area contributed by atoms with Crippen LogP contribution in [0.1, 0.15) is 56.0 Å². The summed E-state index contributed by atoms with van der Waals surface area (Å²) < 4.78 is 27.9. The van der Waals surface area contributed by atoms with Gasteiger partial charge in [-0.1, -0.05) is 69.3 Å². The number of hydrogen-bond acceptors (Lipinski definition) is 3. The number of halogens is 3. The normalized spacial score (nSPS) is 19.5. The highest BCUT2D eigenvalue weighted by Crippen LogP contribution is 2.47. The van der Waals surface area contributed by atoms with Crippen molar-refractivity contribution in [2.24, 2.45) is 16.6 Å². The lowest BCUT2D eigenvalue weighted by Gasteiger charge is -2.34. The molecule has 0 unspecified atom stereocenters. The molecule has 1 aliphatic carbocycles. The van der Waals surface area contributed by atoms with Crippen LogP contribution in [0.15, 0.2) is 72.6 Å². The number of nitrogens with zero attached hydrogens (tertiary/aromatic N) is 1. The molecule has 2 aromatic carbocycles. The van der Waals surface area contributed by atoms with E-state index >= 15 is 0 Å². The zero-order valence-electron chi connectivity index (χ0n) is 23.2. The Bertz CT molecular complexity index is 1450. The van der Waals surface area contributed by atoms with E-state index in [0.717, 1.165) is 28.3 Å². The smallest absolute Gasteiger partial charge is 0.236 e. The molecule has 0 saturated heterocycles. The minimum absolute atomic E-state index is 0.141. The minimum atomic E-state index is -0.802. The summed E-state index contributed by atoms with van der Waals surface area (Å²) in [6.45, 7) is 11.1. The molecule has 1 heterocycles. The molecule has 210 valence electrons. The van der Waals surface area contributed by atoms with Gasteiger partial charge in [0.25, 0.3) is 0 Å². The van der Waals surface area contributed by atoms with Crippen molar-refractivity contribution in [2.45, 2.75) is 46.6 Å². The highest BCUT2D eigenvalue weighted by atomic mass is 35.5. The van der Waals surface area contributed by atoms with Gasteiger partial charge in [-0.3, -0.25) is 9.59 Å². The second-order valence-electron chi connectivity index (χ2n) is 11.4. The van der Waals surface area contributed by atoms with Gasteiger partial charge in [0, 0.05) is 28.6 Å². The molecule has 3 N–H and O–H groups in total. The maximum Gasteiger partial charge on any atom is 0.236 e. The van der Waals surface area contributed by atoms with Crippen LogP contribution in [0.3, 0.4) is 0 Å². The van der Waals surface area contributed by atoms with Crippen molar-refractivity contribution in [1.29, 1.82) is 0 Å². The molecule has 0 bridgehead atoms. The standard InChI is InChI=1S/C32H34ClF2N3O2/c1-6-7-10-26-28(36)37-29(39)32(26)17-22-12-20(27(33)15-23(22)18-32)9-8-11-38(30(40)31(3,4)5)19(2)21-13-24(34)16-25(35)14-21/h6-10,12-16,19H,1,11,17-18,36H2,2-5H3,(H,37,39)/b9-8+,10-7-/t19-,32+/m1/s1. The van der Waals surface area contributed by atoms with E-state index < -0.39 is 28.5 Å². The number of nitrogens with one attached hydrogen (secondary N) is 1. The quantitative estimate of drug-likeness (QED) is 0.382. The fourth-order valence-corrected chi connectivity index (χ4v) is 5.69. The zero-order chi connectivity index (χ0) is 29.4. The molecular formula is C32H34ClF2N3O2. The van der Waals surface area contributed by atoms with Gasteiger partial charge in [0.1, 0.15) is 17.5 Å². The summed E-state index contributed by atoms with van der Waals surface area (Å²) in [5.74, 6) is -1.35. The Morgan fingerprint density at radius 1 is 1.15 bits per heavy atom. The molecule has 1 aliphatic heterocycles. The Hall–Kier alpha value is -3.71. The molecule has 0 radical (unpaired) electrons. The monoisotopic (exact) mass is 565 g/mol. The highest BCUT2D eigenvalue weighted by molar-refractivity contribution is 6.32. The average molecular weight is 566 g/mol. The summed E-state index contributed by atoms with van der Waals surface area (Å²) in [6, 6.07) is 6.55. The molecule has 40 heavy (non-hydrogen) atoms. The number of amides is 2. The van der Waals surface area contributed by atoms with Crippen LogP contribution in [-0.4, -0.2) is 23.3 Å². The van der Waals surface area contributed by atoms with Crippen molar-refractivity contribution in [3.63, 3.8) is 0 Å². The van der Waals surface area contributed by atoms with Crippen LogP contribution in [0.5, 0.6) is 0 Å². The maximum absolute atomic E-state index is 13.9. The lowest BCUT2D eigenvalue weighted by Crippen LogP contribution is -2.41. The Morgan fingerprint density at radius 2 is 1.77 bits per heavy atom. The summed E-state index contributed by atoms with van der Waals surface area (Å²) in [4.78, 5) is 27.9. The molecule has 0 fully saturated rings. The van der Waals surface area contributed by atoms with E-state index in [-0.39, 0.29) is 18.4 Å². The first-order chi connectivity index (χ1) is 18.8. The van der Waals surface area contributed by atoms with Crippen LogP contribution >= 0.6 is 11.6 Å². The van der Waals surface area contributed by atoms with E-state index in [4.69, 9.17) is 17.3 Å². The van der Waals surface area contributed by atoms with Gasteiger partial charge in [-0.15, -0.1) is 0 Å². The Balaban J connectivity index is 1.61. The summed E-state index contributed by atoms with van der Waals surface area (Å²) in [7, 11) is 0. The highest BCUT2D eigenvalue weighted by Gasteiger charge is 2.51. The molecule has 4 rings (SSSR count). The number of carbonyl (C=O) groups is 2. The van der Waals surface area contributed by atoms with Gasteiger partial charge in [-0.05, 0) is 66.3 Å². The van der Waals surface area contributed by atoms with Crippen molar-refractivity contribution in [2.75, 3.05) is 6.54 Å². The molecule has 0 aromatic heterocycles. The van der Waals surface area contributed by atoms with Gasteiger partial charge in [0.15, 0.2) is 0 Å². The Labute approximate surface area is 239 Å². The second-order valence-corrected chi connectivity index (χ2v) is 11.9. The van der Waals surface area contributed by atoms with Crippen LogP contribution in [-0.2, 0) is 22.4 Å². The predicted molar refractivity (Wildman–Crippen MR) is 155 cm³/mol. The Morgan fingerprint density at radius 3 is 2.38 bits per heavy atom. The summed E-state index contributed by atoms with van der Waals surface area (Å²) >= 11 is 6.65. The molecule has 8 heteroatoms. The van der Waals surface area contributed by atoms with Crippen molar-refractivity contribution in [3.8, 4) is 0 Å². The van der Waals surface area contributed by atoms with E-state index in [1.54, 1.807) is 44.7 Å². The second kappa shape index (κ2) is 11.0. The number of nitrogens with two attached hydrogens (primary N) is 1. The molecule has 2 amide bonds. The van der Waals surface area contributed by atoms with Crippen LogP contribution in [0.4, 0.5) is 8.78 Å². The van der Waals surface area contributed by atoms with Gasteiger partial charge in [-0.2, -0.15) is 0 Å². The van der Waals surface area contributed by atoms with Crippen LogP contribution in [0.25, 0.3) is 6.08 Å². The molecule has 2 aliphatic rings. The number of allylic oxidation sites excluding steroid dienone is 3. The lowest BCUT2D eigenvalue weighted by atomic mass is 9.78. The fraction of sp³-hybridized carbons (Fsp3) is 0.312. The van der Waals surface area contributed by atoms with E-state index in [0.29, 0.717) is 29.2 Å². The van der Waals surface area contributed by atoms with Crippen LogP contribution in [0, 0.1) is 22.5 Å². The molecule has 5 nitrogen and oxygen atoms in total. The third kappa shape index (κ3) is 5.61. The average Bonchev–Trinajstić information content (AvgIpc) is 3.34. The van der Waals surface area contributed by atoms with E-state index in [1.807, 2.05) is 30.4 Å². The lowest BCUT2D eigenvalue weighted by molar-refractivity contribution is -0.141. The third-order valence-electron chi connectivity index (χ3n) is 7.53. The topological polar surface area (TPSA) is 75.4 Å². The molecule has 1 spiro atoms. The third-order valence-corrected chi connectivity index (χ3v) is 7.86. The predicted octanol–water partition coefficient (Wildman–Crippen LogP) is 6.39. The first-order valence-corrected chi connectivity index (χ1v) is 13.5. The minimum Gasteiger partial charge on any atom is -0.385 e.